The first-order valence-corrected chi connectivity index (χ1v) is 14.1. The van der Waals surface area contributed by atoms with Crippen LogP contribution in [0.3, 0.4) is 0 Å². The van der Waals surface area contributed by atoms with Crippen LogP contribution in [0.2, 0.25) is 5.02 Å². The highest BCUT2D eigenvalue weighted by Gasteiger charge is 2.38. The summed E-state index contributed by atoms with van der Waals surface area (Å²) in [6.45, 7) is 1.85. The number of aromatic nitrogens is 5. The van der Waals surface area contributed by atoms with Crippen LogP contribution in [0.1, 0.15) is 37.8 Å². The van der Waals surface area contributed by atoms with Crippen LogP contribution in [0.25, 0.3) is 22.6 Å². The van der Waals surface area contributed by atoms with Gasteiger partial charge in [0.25, 0.3) is 5.56 Å². The minimum Gasteiger partial charge on any atom is -0.323 e. The Morgan fingerprint density at radius 2 is 1.86 bits per heavy atom. The molecule has 15 heteroatoms. The van der Waals surface area contributed by atoms with Gasteiger partial charge < -0.3 is 5.32 Å². The van der Waals surface area contributed by atoms with E-state index in [1.807, 2.05) is 19.1 Å². The Kier molecular flexibility index (Phi) is 7.63. The first kappa shape index (κ1) is 29.4. The van der Waals surface area contributed by atoms with Gasteiger partial charge in [-0.25, -0.2) is 4.98 Å². The molecule has 11 nitrogen and oxygen atoms in total. The van der Waals surface area contributed by atoms with Crippen molar-refractivity contribution in [3.63, 3.8) is 0 Å². The minimum atomic E-state index is -4.59. The fourth-order valence-corrected chi connectivity index (χ4v) is 5.56. The predicted octanol–water partition coefficient (Wildman–Crippen LogP) is 4.94. The molecule has 2 atom stereocenters. The molecule has 2 aliphatic heterocycles. The van der Waals surface area contributed by atoms with Gasteiger partial charge in [0.15, 0.2) is 5.70 Å². The van der Waals surface area contributed by atoms with E-state index in [4.69, 9.17) is 11.6 Å². The number of halogens is 4. The van der Waals surface area contributed by atoms with Gasteiger partial charge in [0.1, 0.15) is 5.69 Å². The molecule has 2 bridgehead atoms. The summed E-state index contributed by atoms with van der Waals surface area (Å²) < 4.78 is 42.9. The van der Waals surface area contributed by atoms with Crippen LogP contribution >= 0.6 is 11.6 Å². The molecule has 2 aliphatic rings. The molecule has 3 aromatic heterocycles. The maximum Gasteiger partial charge on any atom is 0.433 e. The summed E-state index contributed by atoms with van der Waals surface area (Å²) in [5.74, 6) is -0.415. The highest BCUT2D eigenvalue weighted by Crippen LogP contribution is 2.35. The Balaban J connectivity index is 1.40. The van der Waals surface area contributed by atoms with E-state index in [1.165, 1.54) is 35.2 Å². The van der Waals surface area contributed by atoms with Gasteiger partial charge in [-0.1, -0.05) is 24.9 Å². The van der Waals surface area contributed by atoms with Crippen LogP contribution in [0.4, 0.5) is 24.5 Å². The zero-order valence-electron chi connectivity index (χ0n) is 23.6. The van der Waals surface area contributed by atoms with E-state index in [0.29, 0.717) is 52.6 Å². The summed E-state index contributed by atoms with van der Waals surface area (Å²) in [7, 11) is 1.76. The normalized spacial score (nSPS) is 18.9. The van der Waals surface area contributed by atoms with Crippen LogP contribution in [0, 0.1) is 5.92 Å². The zero-order valence-corrected chi connectivity index (χ0v) is 24.3. The average Bonchev–Trinajstić information content (AvgIpc) is 3.62. The fraction of sp³-hybridized carbons (Fsp3) is 0.276. The number of allylic oxidation sites excluding steroid dienone is 1. The third-order valence-corrected chi connectivity index (χ3v) is 7.95. The average molecular weight is 626 g/mol. The number of amides is 1. The summed E-state index contributed by atoms with van der Waals surface area (Å²) in [5.41, 5.74) is 6.68. The van der Waals surface area contributed by atoms with Crippen molar-refractivity contribution in [3.05, 3.63) is 88.0 Å². The number of alkyl halides is 3. The summed E-state index contributed by atoms with van der Waals surface area (Å²) in [6.07, 6.45) is 2.71. The molecule has 0 aliphatic carbocycles. The molecule has 0 fully saturated rings. The standard InChI is InChI=1S/C29H27ClF3N9O2/c1-16-4-3-5-23(17-8-9-34-21(10-17)27-22(37-28(16)44)13-36-40(27)2)41-15-35-20(12-26(41)43)19-11-18(30)6-7-24(19)42-14-25(38-39-42)29(31,32)33/h6-16,23,38-39H,3-5H2,1-2H3,(H,37,44)/t16-,23+/m1/s1. The highest BCUT2D eigenvalue weighted by atomic mass is 35.5. The summed E-state index contributed by atoms with van der Waals surface area (Å²) in [5, 5.41) is 8.74. The number of hydrogen-bond donors (Lipinski definition) is 3. The summed E-state index contributed by atoms with van der Waals surface area (Å²) in [6, 6.07) is 9.21. The number of carbonyl (C=O) groups excluding carboxylic acids is 1. The number of hydrogen-bond acceptors (Lipinski definition) is 8. The molecule has 5 heterocycles. The van der Waals surface area contributed by atoms with Gasteiger partial charge in [0.05, 0.1) is 47.5 Å². The van der Waals surface area contributed by atoms with Crippen molar-refractivity contribution in [1.29, 1.82) is 0 Å². The second-order valence-electron chi connectivity index (χ2n) is 10.7. The Morgan fingerprint density at radius 1 is 1.05 bits per heavy atom. The molecule has 44 heavy (non-hydrogen) atoms. The topological polar surface area (TPSA) is 122 Å². The zero-order chi connectivity index (χ0) is 31.2. The molecular formula is C29H27ClF3N9O2. The van der Waals surface area contributed by atoms with E-state index in [9.17, 15) is 22.8 Å². The molecule has 0 unspecified atom stereocenters. The molecule has 0 saturated carbocycles. The summed E-state index contributed by atoms with van der Waals surface area (Å²) >= 11 is 6.25. The quantitative estimate of drug-likeness (QED) is 0.293. The van der Waals surface area contributed by atoms with Gasteiger partial charge in [0.2, 0.25) is 5.91 Å². The third-order valence-electron chi connectivity index (χ3n) is 7.71. The Morgan fingerprint density at radius 3 is 2.61 bits per heavy atom. The molecular weight excluding hydrogens is 599 g/mol. The fourth-order valence-electron chi connectivity index (χ4n) is 5.39. The Bertz CT molecular complexity index is 1840. The van der Waals surface area contributed by atoms with E-state index in [2.05, 4.69) is 31.3 Å². The number of carbonyl (C=O) groups is 1. The number of rotatable bonds is 3. The Hall–Kier alpha value is -4.69. The number of pyridine rings is 1. The van der Waals surface area contributed by atoms with Crippen LogP contribution in [-0.4, -0.2) is 36.4 Å². The number of aryl methyl sites for hydroxylation is 1. The van der Waals surface area contributed by atoms with E-state index >= 15 is 0 Å². The van der Waals surface area contributed by atoms with Crippen LogP contribution in [-0.2, 0) is 11.8 Å². The maximum atomic E-state index is 13.7. The van der Waals surface area contributed by atoms with Gasteiger partial charge in [0, 0.05) is 35.8 Å². The molecule has 1 amide bonds. The molecule has 0 saturated heterocycles. The lowest BCUT2D eigenvalue weighted by Gasteiger charge is -2.23. The summed E-state index contributed by atoms with van der Waals surface area (Å²) in [4.78, 5) is 35.7. The van der Waals surface area contributed by atoms with Crippen LogP contribution < -0.4 is 26.8 Å². The number of nitrogens with one attached hydrogen (secondary N) is 3. The minimum absolute atomic E-state index is 0.132. The van der Waals surface area contributed by atoms with Crippen molar-refractivity contribution in [2.45, 2.75) is 38.4 Å². The number of nitrogens with zero attached hydrogens (tertiary/aromatic N) is 6. The first-order chi connectivity index (χ1) is 21.0. The third kappa shape index (κ3) is 5.65. The molecule has 0 radical (unpaired) electrons. The van der Waals surface area contributed by atoms with Crippen LogP contribution in [0.5, 0.6) is 0 Å². The molecule has 1 aromatic carbocycles. The number of benzene rings is 1. The second-order valence-corrected chi connectivity index (χ2v) is 11.1. The molecule has 3 N–H and O–H groups in total. The van der Waals surface area contributed by atoms with Gasteiger partial charge in [-0.05, 0) is 48.7 Å². The lowest BCUT2D eigenvalue weighted by Crippen LogP contribution is -2.38. The smallest absolute Gasteiger partial charge is 0.323 e. The van der Waals surface area contributed by atoms with Gasteiger partial charge in [-0.15, -0.1) is 5.53 Å². The lowest BCUT2D eigenvalue weighted by molar-refractivity contribution is -0.119. The highest BCUT2D eigenvalue weighted by molar-refractivity contribution is 6.31. The van der Waals surface area contributed by atoms with Crippen molar-refractivity contribution in [1.82, 2.24) is 35.3 Å². The van der Waals surface area contributed by atoms with E-state index < -0.39 is 17.9 Å². The van der Waals surface area contributed by atoms with Crippen molar-refractivity contribution >= 4 is 28.9 Å². The largest absolute Gasteiger partial charge is 0.433 e. The van der Waals surface area contributed by atoms with E-state index in [-0.39, 0.29) is 23.1 Å². The SMILES string of the molecule is C[C@@H]1CCC[C@H](n2cnc(-c3cc(Cl)ccc3N3C=C(C(F)(F)F)NN3)cc2=O)c2ccnc(c2)-c2c(cnn2C)NC1=O. The number of fused-ring (bicyclic) bond motifs is 4. The molecule has 4 aromatic rings. The Labute approximate surface area is 254 Å². The number of anilines is 2. The second kappa shape index (κ2) is 11.4. The monoisotopic (exact) mass is 625 g/mol. The van der Waals surface area contributed by atoms with Crippen molar-refractivity contribution < 1.29 is 18.0 Å². The molecule has 6 rings (SSSR count). The lowest BCUT2D eigenvalue weighted by atomic mass is 9.95. The van der Waals surface area contributed by atoms with Crippen molar-refractivity contribution in [3.8, 4) is 22.6 Å². The van der Waals surface area contributed by atoms with E-state index in [1.54, 1.807) is 24.1 Å². The van der Waals surface area contributed by atoms with E-state index in [0.717, 1.165) is 16.8 Å². The van der Waals surface area contributed by atoms with Gasteiger partial charge in [-0.2, -0.15) is 18.3 Å². The van der Waals surface area contributed by atoms with Crippen molar-refractivity contribution in [2.75, 3.05) is 10.3 Å². The number of hydrazine groups is 2. The first-order valence-electron chi connectivity index (χ1n) is 13.8. The van der Waals surface area contributed by atoms with Crippen LogP contribution in [0.15, 0.2) is 71.8 Å². The maximum absolute atomic E-state index is 13.7. The predicted molar refractivity (Wildman–Crippen MR) is 158 cm³/mol. The van der Waals surface area contributed by atoms with Crippen molar-refractivity contribution in [2.24, 2.45) is 13.0 Å². The molecule has 0 spiro atoms. The molecule has 228 valence electrons. The van der Waals surface area contributed by atoms with Gasteiger partial charge >= 0.3 is 6.18 Å². The van der Waals surface area contributed by atoms with Gasteiger partial charge in [-0.3, -0.25) is 34.3 Å².